The van der Waals surface area contributed by atoms with Crippen LogP contribution in [0.2, 0.25) is 5.02 Å². The second-order valence-electron chi connectivity index (χ2n) is 6.78. The molecule has 0 aromatic heterocycles. The molecule has 1 saturated heterocycles. The number of halogens is 1. The molecule has 27 heavy (non-hydrogen) atoms. The van der Waals surface area contributed by atoms with Crippen LogP contribution in [0.5, 0.6) is 5.75 Å². The Morgan fingerprint density at radius 1 is 1.19 bits per heavy atom. The molecule has 2 aromatic rings. The Kier molecular flexibility index (Phi) is 6.58. The van der Waals surface area contributed by atoms with Crippen LogP contribution >= 0.6 is 11.6 Å². The van der Waals surface area contributed by atoms with Gasteiger partial charge in [-0.25, -0.2) is 0 Å². The molecular weight excluding hydrogens is 362 g/mol. The van der Waals surface area contributed by atoms with E-state index in [1.54, 1.807) is 0 Å². The smallest absolute Gasteiger partial charge is 0.279 e. The minimum atomic E-state index is 0.0264. The highest BCUT2D eigenvalue weighted by molar-refractivity contribution is 6.31. The maximum absolute atomic E-state index is 12.4. The van der Waals surface area contributed by atoms with E-state index in [0.717, 1.165) is 48.9 Å². The fraction of sp³-hybridized carbons (Fsp3) is 0.381. The lowest BCUT2D eigenvalue weighted by Crippen LogP contribution is -3.15. The van der Waals surface area contributed by atoms with Crippen LogP contribution in [0.1, 0.15) is 12.5 Å². The third-order valence-corrected chi connectivity index (χ3v) is 5.34. The molecule has 1 amide bonds. The van der Waals surface area contributed by atoms with Crippen molar-refractivity contribution in [2.45, 2.75) is 13.8 Å². The number of quaternary nitrogens is 1. The summed E-state index contributed by atoms with van der Waals surface area (Å²) in [6.07, 6.45) is 0. The van der Waals surface area contributed by atoms with Gasteiger partial charge in [0, 0.05) is 10.7 Å². The fourth-order valence-corrected chi connectivity index (χ4v) is 3.58. The molecule has 2 aromatic carbocycles. The molecule has 0 spiro atoms. The van der Waals surface area contributed by atoms with Gasteiger partial charge in [-0.3, -0.25) is 4.79 Å². The van der Waals surface area contributed by atoms with Crippen molar-refractivity contribution >= 4 is 28.9 Å². The molecule has 1 heterocycles. The van der Waals surface area contributed by atoms with E-state index in [9.17, 15) is 4.79 Å². The van der Waals surface area contributed by atoms with E-state index in [2.05, 4.69) is 16.3 Å². The number of nitrogens with one attached hydrogen (secondary N) is 2. The van der Waals surface area contributed by atoms with Crippen molar-refractivity contribution in [3.63, 3.8) is 0 Å². The molecule has 5 nitrogen and oxygen atoms in total. The Morgan fingerprint density at radius 2 is 1.93 bits per heavy atom. The van der Waals surface area contributed by atoms with Crippen LogP contribution in [0.15, 0.2) is 42.5 Å². The van der Waals surface area contributed by atoms with Gasteiger partial charge in [0.15, 0.2) is 6.54 Å². The highest BCUT2D eigenvalue weighted by Crippen LogP contribution is 2.27. The summed E-state index contributed by atoms with van der Waals surface area (Å²) in [5, 5.41) is 3.66. The normalized spacial score (nSPS) is 14.9. The number of benzene rings is 2. The molecule has 2 N–H and O–H groups in total. The van der Waals surface area contributed by atoms with Crippen molar-refractivity contribution in [2.75, 3.05) is 49.5 Å². The SMILES string of the molecule is CCOc1ccccc1N1CC[NH+](CC(=O)Nc2cccc(Cl)c2C)CC1. The van der Waals surface area contributed by atoms with Crippen LogP contribution in [0.25, 0.3) is 0 Å². The molecule has 6 heteroatoms. The first kappa shape index (κ1) is 19.5. The Morgan fingerprint density at radius 3 is 2.67 bits per heavy atom. The van der Waals surface area contributed by atoms with Crippen LogP contribution < -0.4 is 19.9 Å². The van der Waals surface area contributed by atoms with Gasteiger partial charge in [0.05, 0.1) is 38.5 Å². The van der Waals surface area contributed by atoms with Gasteiger partial charge in [-0.1, -0.05) is 29.8 Å². The zero-order valence-corrected chi connectivity index (χ0v) is 16.7. The number of carbonyl (C=O) groups excluding carboxylic acids is 1. The van der Waals surface area contributed by atoms with Gasteiger partial charge in [0.2, 0.25) is 0 Å². The van der Waals surface area contributed by atoms with Crippen molar-refractivity contribution in [2.24, 2.45) is 0 Å². The zero-order valence-electron chi connectivity index (χ0n) is 15.9. The summed E-state index contributed by atoms with van der Waals surface area (Å²) in [5.41, 5.74) is 2.83. The Bertz CT molecular complexity index is 789. The molecule has 0 aliphatic carbocycles. The van der Waals surface area contributed by atoms with Gasteiger partial charge < -0.3 is 19.9 Å². The molecule has 1 aliphatic heterocycles. The number of piperazine rings is 1. The van der Waals surface area contributed by atoms with E-state index in [-0.39, 0.29) is 5.91 Å². The maximum atomic E-state index is 12.4. The summed E-state index contributed by atoms with van der Waals surface area (Å²) >= 11 is 6.13. The van der Waals surface area contributed by atoms with Gasteiger partial charge >= 0.3 is 0 Å². The summed E-state index contributed by atoms with van der Waals surface area (Å²) in [5.74, 6) is 0.955. The number of rotatable bonds is 6. The topological polar surface area (TPSA) is 46.0 Å². The Balaban J connectivity index is 1.54. The van der Waals surface area contributed by atoms with E-state index in [1.165, 1.54) is 4.90 Å². The van der Waals surface area contributed by atoms with Crippen molar-refractivity contribution in [1.29, 1.82) is 0 Å². The number of nitrogens with zero attached hydrogens (tertiary/aromatic N) is 1. The first-order chi connectivity index (χ1) is 13.1. The van der Waals surface area contributed by atoms with Crippen LogP contribution in [0.3, 0.4) is 0 Å². The molecule has 0 atom stereocenters. The zero-order chi connectivity index (χ0) is 19.2. The third kappa shape index (κ3) is 4.93. The summed E-state index contributed by atoms with van der Waals surface area (Å²) < 4.78 is 5.75. The van der Waals surface area contributed by atoms with Crippen LogP contribution in [0, 0.1) is 6.92 Å². The quantitative estimate of drug-likeness (QED) is 0.798. The first-order valence-corrected chi connectivity index (χ1v) is 9.81. The summed E-state index contributed by atoms with van der Waals surface area (Å²) in [6.45, 7) is 8.69. The predicted octanol–water partition coefficient (Wildman–Crippen LogP) is 2.39. The van der Waals surface area contributed by atoms with Gasteiger partial charge in [0.1, 0.15) is 5.75 Å². The van der Waals surface area contributed by atoms with E-state index in [1.807, 2.05) is 50.2 Å². The van der Waals surface area contributed by atoms with Crippen molar-refractivity contribution in [3.05, 3.63) is 53.1 Å². The largest absolute Gasteiger partial charge is 0.492 e. The Labute approximate surface area is 165 Å². The number of anilines is 2. The summed E-state index contributed by atoms with van der Waals surface area (Å²) in [7, 11) is 0. The number of hydrogen-bond donors (Lipinski definition) is 2. The molecular formula is C21H27ClN3O2+. The van der Waals surface area contributed by atoms with E-state index < -0.39 is 0 Å². The van der Waals surface area contributed by atoms with E-state index in [4.69, 9.17) is 16.3 Å². The highest BCUT2D eigenvalue weighted by Gasteiger charge is 2.24. The molecule has 0 saturated carbocycles. The van der Waals surface area contributed by atoms with Crippen molar-refractivity contribution in [1.82, 2.24) is 0 Å². The van der Waals surface area contributed by atoms with Crippen LogP contribution in [-0.2, 0) is 4.79 Å². The predicted molar refractivity (Wildman–Crippen MR) is 110 cm³/mol. The van der Waals surface area contributed by atoms with Crippen molar-refractivity contribution < 1.29 is 14.4 Å². The molecule has 0 unspecified atom stereocenters. The number of para-hydroxylation sites is 2. The molecule has 1 fully saturated rings. The number of amides is 1. The molecule has 144 valence electrons. The lowest BCUT2D eigenvalue weighted by atomic mass is 10.2. The standard InChI is InChI=1S/C21H26ClN3O2/c1-3-27-20-10-5-4-9-19(20)25-13-11-24(12-14-25)15-21(26)23-18-8-6-7-17(22)16(18)2/h4-10H,3,11-15H2,1-2H3,(H,23,26)/p+1. The van der Waals surface area contributed by atoms with Gasteiger partial charge in [-0.15, -0.1) is 0 Å². The minimum absolute atomic E-state index is 0.0264. The third-order valence-electron chi connectivity index (χ3n) is 4.93. The van der Waals surface area contributed by atoms with E-state index >= 15 is 0 Å². The second-order valence-corrected chi connectivity index (χ2v) is 7.18. The Hall–Kier alpha value is -2.24. The minimum Gasteiger partial charge on any atom is -0.492 e. The second kappa shape index (κ2) is 9.11. The molecule has 3 rings (SSSR count). The molecule has 1 aliphatic rings. The highest BCUT2D eigenvalue weighted by atomic mass is 35.5. The monoisotopic (exact) mass is 388 g/mol. The average Bonchev–Trinajstić information content (AvgIpc) is 2.67. The number of carbonyl (C=O) groups is 1. The number of hydrogen-bond acceptors (Lipinski definition) is 3. The first-order valence-electron chi connectivity index (χ1n) is 9.43. The average molecular weight is 389 g/mol. The fourth-order valence-electron chi connectivity index (χ4n) is 3.40. The number of ether oxygens (including phenoxy) is 1. The van der Waals surface area contributed by atoms with Crippen LogP contribution in [-0.4, -0.2) is 45.2 Å². The molecule has 0 bridgehead atoms. The van der Waals surface area contributed by atoms with Crippen molar-refractivity contribution in [3.8, 4) is 5.75 Å². The summed E-state index contributed by atoms with van der Waals surface area (Å²) in [4.78, 5) is 16.1. The van der Waals surface area contributed by atoms with Crippen LogP contribution in [0.4, 0.5) is 11.4 Å². The molecule has 0 radical (unpaired) electrons. The lowest BCUT2D eigenvalue weighted by Gasteiger charge is -2.34. The van der Waals surface area contributed by atoms with Gasteiger partial charge in [0.25, 0.3) is 5.91 Å². The van der Waals surface area contributed by atoms with E-state index in [0.29, 0.717) is 18.2 Å². The van der Waals surface area contributed by atoms with Gasteiger partial charge in [-0.2, -0.15) is 0 Å². The van der Waals surface area contributed by atoms with Gasteiger partial charge in [-0.05, 0) is 43.7 Å². The maximum Gasteiger partial charge on any atom is 0.279 e. The lowest BCUT2D eigenvalue weighted by molar-refractivity contribution is -0.892. The summed E-state index contributed by atoms with van der Waals surface area (Å²) in [6, 6.07) is 13.7.